The average Bonchev–Trinajstić information content (AvgIpc) is 3.07. The lowest BCUT2D eigenvalue weighted by Gasteiger charge is -2.17. The Kier molecular flexibility index (Phi) is 5.03. The normalized spacial score (nSPS) is 13.5. The van der Waals surface area contributed by atoms with Gasteiger partial charge < -0.3 is 4.90 Å². The van der Waals surface area contributed by atoms with Crippen LogP contribution in [0.5, 0.6) is 0 Å². The van der Waals surface area contributed by atoms with Crippen molar-refractivity contribution < 1.29 is 4.79 Å². The van der Waals surface area contributed by atoms with Crippen molar-refractivity contribution in [3.05, 3.63) is 57.2 Å². The molecule has 0 atom stereocenters. The SMILES string of the molecule is CN(Cc1ccccn1)C(=O)CCn1cnc2sc3c(c2c1=O)CCCC3. The molecular formula is C20H22N4O2S. The van der Waals surface area contributed by atoms with Crippen molar-refractivity contribution in [3.63, 3.8) is 0 Å². The number of carbonyl (C=O) groups is 1. The van der Waals surface area contributed by atoms with E-state index < -0.39 is 0 Å². The summed E-state index contributed by atoms with van der Waals surface area (Å²) in [6.07, 6.45) is 7.89. The number of aryl methyl sites for hydroxylation is 3. The number of amides is 1. The molecule has 4 rings (SSSR count). The first-order chi connectivity index (χ1) is 13.1. The minimum atomic E-state index is -0.0143. The Morgan fingerprint density at radius 1 is 1.26 bits per heavy atom. The highest BCUT2D eigenvalue weighted by Gasteiger charge is 2.20. The molecule has 6 nitrogen and oxygen atoms in total. The Bertz CT molecular complexity index is 1030. The minimum absolute atomic E-state index is 0.0139. The predicted molar refractivity (Wildman–Crippen MR) is 106 cm³/mol. The zero-order valence-corrected chi connectivity index (χ0v) is 16.2. The molecule has 1 amide bonds. The predicted octanol–water partition coefficient (Wildman–Crippen LogP) is 2.78. The second kappa shape index (κ2) is 7.60. The molecule has 140 valence electrons. The molecule has 0 radical (unpaired) electrons. The van der Waals surface area contributed by atoms with Crippen molar-refractivity contribution in [3.8, 4) is 0 Å². The maximum absolute atomic E-state index is 12.9. The van der Waals surface area contributed by atoms with E-state index in [4.69, 9.17) is 0 Å². The van der Waals surface area contributed by atoms with Gasteiger partial charge >= 0.3 is 0 Å². The molecule has 3 heterocycles. The second-order valence-corrected chi connectivity index (χ2v) is 8.04. The van der Waals surface area contributed by atoms with Gasteiger partial charge in [0, 0.05) is 31.1 Å². The number of aromatic nitrogens is 3. The number of fused-ring (bicyclic) bond motifs is 3. The van der Waals surface area contributed by atoms with E-state index in [9.17, 15) is 9.59 Å². The van der Waals surface area contributed by atoms with E-state index in [0.717, 1.165) is 35.2 Å². The molecule has 0 spiro atoms. The third-order valence-electron chi connectivity index (χ3n) is 5.06. The summed E-state index contributed by atoms with van der Waals surface area (Å²) in [6, 6.07) is 5.65. The van der Waals surface area contributed by atoms with Crippen LogP contribution < -0.4 is 5.56 Å². The number of rotatable bonds is 5. The van der Waals surface area contributed by atoms with Crippen LogP contribution in [0.4, 0.5) is 0 Å². The van der Waals surface area contributed by atoms with Crippen molar-refractivity contribution in [2.45, 2.75) is 45.2 Å². The largest absolute Gasteiger partial charge is 0.340 e. The zero-order valence-electron chi connectivity index (χ0n) is 15.4. The Morgan fingerprint density at radius 2 is 2.11 bits per heavy atom. The van der Waals surface area contributed by atoms with Crippen LogP contribution in [0.3, 0.4) is 0 Å². The fourth-order valence-corrected chi connectivity index (χ4v) is 4.79. The first-order valence-corrected chi connectivity index (χ1v) is 10.1. The first-order valence-electron chi connectivity index (χ1n) is 9.27. The van der Waals surface area contributed by atoms with Gasteiger partial charge in [0.15, 0.2) is 0 Å². The molecule has 0 aliphatic heterocycles. The number of carbonyl (C=O) groups excluding carboxylic acids is 1. The fourth-order valence-electron chi connectivity index (χ4n) is 3.57. The molecule has 0 saturated carbocycles. The summed E-state index contributed by atoms with van der Waals surface area (Å²) >= 11 is 1.65. The third-order valence-corrected chi connectivity index (χ3v) is 6.26. The summed E-state index contributed by atoms with van der Waals surface area (Å²) in [7, 11) is 1.76. The molecule has 0 bridgehead atoms. The molecule has 27 heavy (non-hydrogen) atoms. The van der Waals surface area contributed by atoms with Gasteiger partial charge in [-0.05, 0) is 43.4 Å². The molecule has 1 aliphatic rings. The van der Waals surface area contributed by atoms with Crippen LogP contribution in [-0.2, 0) is 30.7 Å². The summed E-state index contributed by atoms with van der Waals surface area (Å²) in [4.78, 5) is 37.9. The number of hydrogen-bond acceptors (Lipinski definition) is 5. The first kappa shape index (κ1) is 17.9. The van der Waals surface area contributed by atoms with Gasteiger partial charge in [-0.2, -0.15) is 0 Å². The van der Waals surface area contributed by atoms with Gasteiger partial charge in [-0.1, -0.05) is 6.07 Å². The van der Waals surface area contributed by atoms with E-state index in [1.165, 1.54) is 16.9 Å². The van der Waals surface area contributed by atoms with Crippen molar-refractivity contribution in [2.75, 3.05) is 7.05 Å². The van der Waals surface area contributed by atoms with Gasteiger partial charge in [0.2, 0.25) is 5.91 Å². The van der Waals surface area contributed by atoms with E-state index in [1.54, 1.807) is 40.4 Å². The average molecular weight is 382 g/mol. The van der Waals surface area contributed by atoms with Crippen LogP contribution in [0.1, 0.15) is 35.4 Å². The van der Waals surface area contributed by atoms with Crippen molar-refractivity contribution in [2.24, 2.45) is 0 Å². The Balaban J connectivity index is 1.48. The number of pyridine rings is 1. The van der Waals surface area contributed by atoms with E-state index in [1.807, 2.05) is 18.2 Å². The molecule has 0 unspecified atom stereocenters. The van der Waals surface area contributed by atoms with Crippen LogP contribution in [-0.4, -0.2) is 32.4 Å². The lowest BCUT2D eigenvalue weighted by molar-refractivity contribution is -0.130. The van der Waals surface area contributed by atoms with E-state index in [0.29, 0.717) is 13.1 Å². The quantitative estimate of drug-likeness (QED) is 0.680. The van der Waals surface area contributed by atoms with Gasteiger partial charge in [-0.25, -0.2) is 4.98 Å². The number of thiophene rings is 1. The molecule has 0 N–H and O–H groups in total. The molecular weight excluding hydrogens is 360 g/mol. The third kappa shape index (κ3) is 3.64. The van der Waals surface area contributed by atoms with Gasteiger partial charge in [0.05, 0.1) is 24.0 Å². The molecule has 3 aromatic heterocycles. The Hall–Kier alpha value is -2.54. The Morgan fingerprint density at radius 3 is 2.93 bits per heavy atom. The standard InChI is InChI=1S/C20H22N4O2S/c1-23(12-14-6-4-5-10-21-14)17(25)9-11-24-13-22-19-18(20(24)26)15-7-2-3-8-16(15)27-19/h4-6,10,13H,2-3,7-9,11-12H2,1H3. The molecule has 1 aliphatic carbocycles. The van der Waals surface area contributed by atoms with E-state index in [-0.39, 0.29) is 17.9 Å². The van der Waals surface area contributed by atoms with Crippen LogP contribution in [0.15, 0.2) is 35.5 Å². The van der Waals surface area contributed by atoms with Gasteiger partial charge in [-0.15, -0.1) is 11.3 Å². The summed E-state index contributed by atoms with van der Waals surface area (Å²) < 4.78 is 1.58. The minimum Gasteiger partial charge on any atom is -0.340 e. The summed E-state index contributed by atoms with van der Waals surface area (Å²) in [5.74, 6) is -0.0139. The van der Waals surface area contributed by atoms with Crippen molar-refractivity contribution >= 4 is 27.5 Å². The highest BCUT2D eigenvalue weighted by atomic mass is 32.1. The second-order valence-electron chi connectivity index (χ2n) is 6.96. The summed E-state index contributed by atoms with van der Waals surface area (Å²) in [5.41, 5.74) is 2.02. The van der Waals surface area contributed by atoms with Crippen LogP contribution in [0.25, 0.3) is 10.2 Å². The Labute approximate surface area is 161 Å². The highest BCUT2D eigenvalue weighted by molar-refractivity contribution is 7.18. The van der Waals surface area contributed by atoms with E-state index in [2.05, 4.69) is 9.97 Å². The van der Waals surface area contributed by atoms with Gasteiger partial charge in [0.25, 0.3) is 5.56 Å². The van der Waals surface area contributed by atoms with Crippen molar-refractivity contribution in [1.82, 2.24) is 19.4 Å². The maximum Gasteiger partial charge on any atom is 0.262 e. The smallest absolute Gasteiger partial charge is 0.262 e. The molecule has 0 fully saturated rings. The van der Waals surface area contributed by atoms with E-state index >= 15 is 0 Å². The summed E-state index contributed by atoms with van der Waals surface area (Å²) in [5, 5.41) is 0.770. The van der Waals surface area contributed by atoms with Gasteiger partial charge in [-0.3, -0.25) is 19.1 Å². The molecule has 7 heteroatoms. The van der Waals surface area contributed by atoms with Crippen LogP contribution in [0.2, 0.25) is 0 Å². The maximum atomic E-state index is 12.9. The van der Waals surface area contributed by atoms with Gasteiger partial charge in [0.1, 0.15) is 4.83 Å². The highest BCUT2D eigenvalue weighted by Crippen LogP contribution is 2.33. The number of nitrogens with zero attached hydrogens (tertiary/aromatic N) is 4. The van der Waals surface area contributed by atoms with Crippen molar-refractivity contribution in [1.29, 1.82) is 0 Å². The molecule has 3 aromatic rings. The molecule has 0 saturated heterocycles. The monoisotopic (exact) mass is 382 g/mol. The lowest BCUT2D eigenvalue weighted by atomic mass is 9.97. The topological polar surface area (TPSA) is 68.1 Å². The summed E-state index contributed by atoms with van der Waals surface area (Å²) in [6.45, 7) is 0.807. The molecule has 0 aromatic carbocycles. The number of hydrogen-bond donors (Lipinski definition) is 0. The van der Waals surface area contributed by atoms with Crippen LogP contribution in [0, 0.1) is 0 Å². The lowest BCUT2D eigenvalue weighted by Crippen LogP contribution is -2.29. The zero-order chi connectivity index (χ0) is 18.8. The fraction of sp³-hybridized carbons (Fsp3) is 0.400. The van der Waals surface area contributed by atoms with Crippen LogP contribution >= 0.6 is 11.3 Å².